The summed E-state index contributed by atoms with van der Waals surface area (Å²) in [7, 11) is 0. The first-order valence-electron chi connectivity index (χ1n) is 6.16. The molecule has 0 aliphatic heterocycles. The lowest BCUT2D eigenvalue weighted by molar-refractivity contribution is 0.424. The molecule has 0 unspecified atom stereocenters. The Morgan fingerprint density at radius 2 is 2.00 bits per heavy atom. The van der Waals surface area contributed by atoms with Crippen molar-refractivity contribution in [2.45, 2.75) is 13.3 Å². The third-order valence-corrected chi connectivity index (χ3v) is 4.57. The van der Waals surface area contributed by atoms with Gasteiger partial charge in [-0.05, 0) is 30.7 Å². The van der Waals surface area contributed by atoms with Crippen LogP contribution in [-0.4, -0.2) is 10.1 Å². The zero-order valence-electron chi connectivity index (χ0n) is 11.1. The van der Waals surface area contributed by atoms with Crippen molar-refractivity contribution in [1.29, 1.82) is 0 Å². The summed E-state index contributed by atoms with van der Waals surface area (Å²) in [6.45, 7) is 1.98. The fraction of sp³-hybridized carbons (Fsp3) is 0.143. The standard InChI is InChI=1S/C14H11Cl2N3OS/c1-7-5-9(13(17)21-7)14-18-12(19-20-14)6-8-10(15)3-2-4-11(8)16/h2-5H,6,17H2,1H3. The first-order chi connectivity index (χ1) is 10.0. The normalized spacial score (nSPS) is 11.0. The summed E-state index contributed by atoms with van der Waals surface area (Å²) in [5.41, 5.74) is 7.48. The highest BCUT2D eigenvalue weighted by molar-refractivity contribution is 7.16. The monoisotopic (exact) mass is 339 g/mol. The molecule has 2 aromatic heterocycles. The molecule has 3 aromatic rings. The number of nitrogens with two attached hydrogens (primary N) is 1. The van der Waals surface area contributed by atoms with Gasteiger partial charge in [0.2, 0.25) is 0 Å². The molecule has 7 heteroatoms. The number of hydrogen-bond donors (Lipinski definition) is 1. The van der Waals surface area contributed by atoms with E-state index in [1.165, 1.54) is 11.3 Å². The van der Waals surface area contributed by atoms with E-state index >= 15 is 0 Å². The Hall–Kier alpha value is -1.56. The smallest absolute Gasteiger partial charge is 0.260 e. The lowest BCUT2D eigenvalue weighted by atomic mass is 10.1. The second kappa shape index (κ2) is 5.67. The second-order valence-corrected chi connectivity index (χ2v) is 6.63. The minimum absolute atomic E-state index is 0.408. The molecule has 0 aliphatic rings. The second-order valence-electron chi connectivity index (χ2n) is 4.53. The molecular formula is C14H11Cl2N3OS. The van der Waals surface area contributed by atoms with Gasteiger partial charge in [-0.2, -0.15) is 4.98 Å². The molecule has 21 heavy (non-hydrogen) atoms. The zero-order valence-corrected chi connectivity index (χ0v) is 13.4. The number of halogens is 2. The summed E-state index contributed by atoms with van der Waals surface area (Å²) < 4.78 is 5.28. The van der Waals surface area contributed by atoms with Crippen LogP contribution in [0.4, 0.5) is 5.00 Å². The van der Waals surface area contributed by atoms with Crippen molar-refractivity contribution in [3.05, 3.63) is 50.6 Å². The molecule has 0 fully saturated rings. The summed E-state index contributed by atoms with van der Waals surface area (Å²) in [6, 6.07) is 7.29. The summed E-state index contributed by atoms with van der Waals surface area (Å²) >= 11 is 13.8. The van der Waals surface area contributed by atoms with Gasteiger partial charge in [0.1, 0.15) is 0 Å². The molecule has 3 rings (SSSR count). The van der Waals surface area contributed by atoms with Crippen molar-refractivity contribution in [3.63, 3.8) is 0 Å². The molecule has 0 aliphatic carbocycles. The van der Waals surface area contributed by atoms with E-state index in [1.54, 1.807) is 18.2 Å². The molecule has 2 N–H and O–H groups in total. The van der Waals surface area contributed by atoms with Crippen LogP contribution in [0.1, 0.15) is 16.3 Å². The Labute approximate surface area is 135 Å². The number of nitrogens with zero attached hydrogens (tertiary/aromatic N) is 2. The lowest BCUT2D eigenvalue weighted by Crippen LogP contribution is -1.93. The van der Waals surface area contributed by atoms with E-state index in [0.29, 0.717) is 33.2 Å². The number of thiophene rings is 1. The number of nitrogen functional groups attached to an aromatic ring is 1. The first-order valence-corrected chi connectivity index (χ1v) is 7.73. The topological polar surface area (TPSA) is 64.9 Å². The van der Waals surface area contributed by atoms with Crippen LogP contribution in [-0.2, 0) is 6.42 Å². The van der Waals surface area contributed by atoms with Crippen LogP contribution in [0.15, 0.2) is 28.8 Å². The largest absolute Gasteiger partial charge is 0.390 e. The van der Waals surface area contributed by atoms with E-state index in [-0.39, 0.29) is 0 Å². The van der Waals surface area contributed by atoms with Crippen LogP contribution in [0.3, 0.4) is 0 Å². The molecule has 0 spiro atoms. The molecular weight excluding hydrogens is 329 g/mol. The predicted molar refractivity (Wildman–Crippen MR) is 86.0 cm³/mol. The van der Waals surface area contributed by atoms with E-state index in [0.717, 1.165) is 16.0 Å². The Morgan fingerprint density at radius 1 is 1.29 bits per heavy atom. The molecule has 0 atom stereocenters. The van der Waals surface area contributed by atoms with Crippen molar-refractivity contribution in [3.8, 4) is 11.5 Å². The average Bonchev–Trinajstić information content (AvgIpc) is 3.00. The van der Waals surface area contributed by atoms with Gasteiger partial charge < -0.3 is 10.3 Å². The van der Waals surface area contributed by atoms with Crippen LogP contribution >= 0.6 is 34.5 Å². The molecule has 1 aromatic carbocycles. The van der Waals surface area contributed by atoms with Crippen LogP contribution in [0.25, 0.3) is 11.5 Å². The number of rotatable bonds is 3. The van der Waals surface area contributed by atoms with Gasteiger partial charge in [0.25, 0.3) is 5.89 Å². The molecule has 0 saturated heterocycles. The molecule has 2 heterocycles. The van der Waals surface area contributed by atoms with Gasteiger partial charge in [-0.15, -0.1) is 11.3 Å². The quantitative estimate of drug-likeness (QED) is 0.757. The maximum atomic E-state index is 6.14. The summed E-state index contributed by atoms with van der Waals surface area (Å²) in [4.78, 5) is 5.46. The highest BCUT2D eigenvalue weighted by atomic mass is 35.5. The zero-order chi connectivity index (χ0) is 15.0. The van der Waals surface area contributed by atoms with E-state index in [2.05, 4.69) is 10.1 Å². The fourth-order valence-electron chi connectivity index (χ4n) is 1.99. The van der Waals surface area contributed by atoms with Crippen molar-refractivity contribution >= 4 is 39.5 Å². The predicted octanol–water partition coefficient (Wildman–Crippen LogP) is 4.59. The van der Waals surface area contributed by atoms with Crippen molar-refractivity contribution in [2.24, 2.45) is 0 Å². The molecule has 0 radical (unpaired) electrons. The lowest BCUT2D eigenvalue weighted by Gasteiger charge is -2.02. The highest BCUT2D eigenvalue weighted by Gasteiger charge is 2.16. The van der Waals surface area contributed by atoms with Crippen LogP contribution < -0.4 is 5.73 Å². The van der Waals surface area contributed by atoms with Crippen LogP contribution in [0.5, 0.6) is 0 Å². The van der Waals surface area contributed by atoms with Crippen molar-refractivity contribution < 1.29 is 4.52 Å². The minimum Gasteiger partial charge on any atom is -0.390 e. The molecule has 4 nitrogen and oxygen atoms in total. The van der Waals surface area contributed by atoms with E-state index < -0.39 is 0 Å². The van der Waals surface area contributed by atoms with Gasteiger partial charge in [0.15, 0.2) is 5.82 Å². The Bertz CT molecular complexity index is 777. The van der Waals surface area contributed by atoms with Gasteiger partial charge in [-0.3, -0.25) is 0 Å². The van der Waals surface area contributed by atoms with E-state index in [4.69, 9.17) is 33.5 Å². The molecule has 108 valence electrons. The number of aromatic nitrogens is 2. The summed E-state index contributed by atoms with van der Waals surface area (Å²) in [6.07, 6.45) is 0.408. The Morgan fingerprint density at radius 3 is 2.62 bits per heavy atom. The van der Waals surface area contributed by atoms with Crippen molar-refractivity contribution in [1.82, 2.24) is 10.1 Å². The van der Waals surface area contributed by atoms with Gasteiger partial charge in [-0.25, -0.2) is 0 Å². The van der Waals surface area contributed by atoms with Crippen LogP contribution in [0, 0.1) is 6.92 Å². The minimum atomic E-state index is 0.408. The number of anilines is 1. The number of aryl methyl sites for hydroxylation is 1. The molecule has 0 saturated carbocycles. The first kappa shape index (κ1) is 14.4. The maximum absolute atomic E-state index is 6.14. The number of benzene rings is 1. The SMILES string of the molecule is Cc1cc(-c2nc(Cc3c(Cl)cccc3Cl)no2)c(N)s1. The van der Waals surface area contributed by atoms with Gasteiger partial charge in [-0.1, -0.05) is 34.4 Å². The average molecular weight is 340 g/mol. The summed E-state index contributed by atoms with van der Waals surface area (Å²) in [5.74, 6) is 0.929. The Kier molecular flexibility index (Phi) is 3.89. The van der Waals surface area contributed by atoms with Gasteiger partial charge >= 0.3 is 0 Å². The van der Waals surface area contributed by atoms with E-state index in [9.17, 15) is 0 Å². The van der Waals surface area contributed by atoms with Crippen LogP contribution in [0.2, 0.25) is 10.0 Å². The van der Waals surface area contributed by atoms with E-state index in [1.807, 2.05) is 13.0 Å². The Balaban J connectivity index is 1.91. The maximum Gasteiger partial charge on any atom is 0.260 e. The third-order valence-electron chi connectivity index (χ3n) is 2.98. The number of hydrogen-bond acceptors (Lipinski definition) is 5. The molecule has 0 bridgehead atoms. The highest BCUT2D eigenvalue weighted by Crippen LogP contribution is 2.33. The fourth-order valence-corrected chi connectivity index (χ4v) is 3.30. The molecule has 0 amide bonds. The van der Waals surface area contributed by atoms with Gasteiger partial charge in [0.05, 0.1) is 10.6 Å². The van der Waals surface area contributed by atoms with Gasteiger partial charge in [0, 0.05) is 21.3 Å². The van der Waals surface area contributed by atoms with Crippen molar-refractivity contribution in [2.75, 3.05) is 5.73 Å². The third kappa shape index (κ3) is 2.90. The summed E-state index contributed by atoms with van der Waals surface area (Å²) in [5, 5.41) is 5.80.